The number of nitrogens with zero attached hydrogens (tertiary/aromatic N) is 2. The summed E-state index contributed by atoms with van der Waals surface area (Å²) in [5, 5.41) is 13.4. The van der Waals surface area contributed by atoms with Crippen LogP contribution in [-0.4, -0.2) is 22.0 Å². The van der Waals surface area contributed by atoms with E-state index >= 15 is 0 Å². The summed E-state index contributed by atoms with van der Waals surface area (Å²) in [5.74, 6) is -1.94. The summed E-state index contributed by atoms with van der Waals surface area (Å²) in [6.45, 7) is 0. The summed E-state index contributed by atoms with van der Waals surface area (Å²) in [4.78, 5) is 24.7. The van der Waals surface area contributed by atoms with Crippen molar-refractivity contribution in [3.63, 3.8) is 0 Å². The molecule has 0 unspecified atom stereocenters. The molecule has 0 aromatic rings. The standard InChI is InChI=1S/C6HN3O2S2/c7-2-8-5(10)4(1-12)6(11)9-3-13/h(H,8,10). The molecule has 0 bridgehead atoms. The predicted octanol–water partition coefficient (Wildman–Crippen LogP) is -0.262. The Kier molecular flexibility index (Phi) is 5.12. The molecule has 0 aliphatic rings. The Morgan fingerprint density at radius 1 is 1.38 bits per heavy atom. The summed E-state index contributed by atoms with van der Waals surface area (Å²) in [7, 11) is 0. The molecule has 1 N–H and O–H groups in total. The van der Waals surface area contributed by atoms with E-state index in [1.165, 1.54) is 6.19 Å². The minimum Gasteiger partial charge on any atom is -0.267 e. The van der Waals surface area contributed by atoms with Gasteiger partial charge in [-0.05, 0) is 29.5 Å². The molecule has 0 spiro atoms. The molecule has 0 radical (unpaired) electrons. The maximum absolute atomic E-state index is 10.9. The van der Waals surface area contributed by atoms with Gasteiger partial charge in [0.15, 0.2) is 11.8 Å². The van der Waals surface area contributed by atoms with Crippen molar-refractivity contribution < 1.29 is 9.59 Å². The van der Waals surface area contributed by atoms with Crippen LogP contribution in [0.1, 0.15) is 0 Å². The quantitative estimate of drug-likeness (QED) is 0.129. The highest BCUT2D eigenvalue weighted by Crippen LogP contribution is 1.92. The fourth-order valence-electron chi connectivity index (χ4n) is 0.398. The number of isothiocyanates is 1. The Labute approximate surface area is 83.8 Å². The first-order valence-electron chi connectivity index (χ1n) is 2.74. The zero-order valence-electron chi connectivity index (χ0n) is 6.03. The highest BCUT2D eigenvalue weighted by molar-refractivity contribution is 7.78. The van der Waals surface area contributed by atoms with Crippen molar-refractivity contribution in [2.75, 3.05) is 0 Å². The normalized spacial score (nSPS) is 7.00. The van der Waals surface area contributed by atoms with Gasteiger partial charge >= 0.3 is 0 Å². The van der Waals surface area contributed by atoms with Gasteiger partial charge < -0.3 is 0 Å². The lowest BCUT2D eigenvalue weighted by molar-refractivity contribution is -0.121. The average molecular weight is 211 g/mol. The van der Waals surface area contributed by atoms with Crippen molar-refractivity contribution in [3.8, 4) is 6.19 Å². The van der Waals surface area contributed by atoms with E-state index in [4.69, 9.17) is 5.26 Å². The van der Waals surface area contributed by atoms with E-state index in [9.17, 15) is 9.59 Å². The number of rotatable bonds is 2. The van der Waals surface area contributed by atoms with Gasteiger partial charge in [0.1, 0.15) is 0 Å². The molecule has 0 aromatic heterocycles. The lowest BCUT2D eigenvalue weighted by Gasteiger charge is -1.92. The molecule has 13 heavy (non-hydrogen) atoms. The van der Waals surface area contributed by atoms with Gasteiger partial charge in [0.2, 0.25) is 0 Å². The second-order valence-electron chi connectivity index (χ2n) is 1.55. The van der Waals surface area contributed by atoms with Crippen molar-refractivity contribution in [3.05, 3.63) is 5.57 Å². The zero-order chi connectivity index (χ0) is 10.3. The number of hydrogen-bond donors (Lipinski definition) is 1. The highest BCUT2D eigenvalue weighted by Gasteiger charge is 2.16. The average Bonchev–Trinajstić information content (AvgIpc) is 2.06. The Hall–Kier alpha value is -1.70. The Balaban J connectivity index is 4.86. The van der Waals surface area contributed by atoms with Gasteiger partial charge in [-0.1, -0.05) is 0 Å². The molecule has 5 nitrogen and oxygen atoms in total. The molecule has 64 valence electrons. The van der Waals surface area contributed by atoms with E-state index in [2.05, 4.69) is 29.4 Å². The van der Waals surface area contributed by atoms with Crippen LogP contribution in [0.25, 0.3) is 0 Å². The molecule has 0 aliphatic heterocycles. The van der Waals surface area contributed by atoms with Gasteiger partial charge in [0.25, 0.3) is 11.8 Å². The number of amides is 2. The summed E-state index contributed by atoms with van der Waals surface area (Å²) < 4.78 is 0. The number of carbonyl (C=O) groups excluding carboxylic acids is 2. The van der Waals surface area contributed by atoms with E-state index in [0.29, 0.717) is 0 Å². The number of thiocarbonyl (C=S) groups is 2. The van der Waals surface area contributed by atoms with Crippen LogP contribution < -0.4 is 5.32 Å². The fourth-order valence-corrected chi connectivity index (χ4v) is 0.661. The monoisotopic (exact) mass is 211 g/mol. The van der Waals surface area contributed by atoms with Crippen LogP contribution in [0.15, 0.2) is 10.6 Å². The molecular formula is C6HN3O2S2. The Bertz CT molecular complexity index is 383. The van der Waals surface area contributed by atoms with Gasteiger partial charge in [-0.3, -0.25) is 14.9 Å². The van der Waals surface area contributed by atoms with E-state index in [1.54, 1.807) is 10.5 Å². The van der Waals surface area contributed by atoms with Crippen LogP contribution in [0.4, 0.5) is 0 Å². The summed E-state index contributed by atoms with van der Waals surface area (Å²) in [6.07, 6.45) is 1.33. The molecule has 2 amide bonds. The fraction of sp³-hybridized carbons (Fsp3) is 0. The van der Waals surface area contributed by atoms with Crippen molar-refractivity contribution >= 4 is 46.4 Å². The van der Waals surface area contributed by atoms with Gasteiger partial charge in [-0.2, -0.15) is 10.3 Å². The van der Waals surface area contributed by atoms with Crippen molar-refractivity contribution in [2.24, 2.45) is 4.99 Å². The third-order valence-electron chi connectivity index (χ3n) is 0.860. The van der Waals surface area contributed by atoms with E-state index in [-0.39, 0.29) is 0 Å². The first-order chi connectivity index (χ1) is 6.17. The minimum absolute atomic E-state index is 0.547. The van der Waals surface area contributed by atoms with Crippen LogP contribution in [0.3, 0.4) is 0 Å². The van der Waals surface area contributed by atoms with Gasteiger partial charge in [0.05, 0.1) is 5.16 Å². The largest absolute Gasteiger partial charge is 0.300 e. The maximum atomic E-state index is 10.9. The van der Waals surface area contributed by atoms with Crippen LogP contribution in [-0.2, 0) is 9.59 Å². The molecule has 0 rings (SSSR count). The molecule has 0 saturated heterocycles. The molecule has 0 aromatic carbocycles. The van der Waals surface area contributed by atoms with Crippen LogP contribution in [0.2, 0.25) is 0 Å². The number of aliphatic imine (C=N–C) groups is 1. The number of nitriles is 1. The molecule has 0 atom stereocenters. The van der Waals surface area contributed by atoms with Gasteiger partial charge in [-0.25, -0.2) is 0 Å². The van der Waals surface area contributed by atoms with Crippen molar-refractivity contribution in [2.45, 2.75) is 0 Å². The second kappa shape index (κ2) is 5.89. The molecule has 0 fully saturated rings. The highest BCUT2D eigenvalue weighted by atomic mass is 32.1. The van der Waals surface area contributed by atoms with Crippen LogP contribution in [0, 0.1) is 11.5 Å². The smallest absolute Gasteiger partial charge is 0.267 e. The van der Waals surface area contributed by atoms with Gasteiger partial charge in [-0.15, -0.1) is 0 Å². The summed E-state index contributed by atoms with van der Waals surface area (Å²) in [5.41, 5.74) is -0.547. The van der Waals surface area contributed by atoms with Gasteiger partial charge in [0, 0.05) is 0 Å². The van der Waals surface area contributed by atoms with E-state index in [0.717, 1.165) is 0 Å². The number of carbonyl (C=O) groups is 2. The summed E-state index contributed by atoms with van der Waals surface area (Å²) in [6, 6.07) is 0. The lowest BCUT2D eigenvalue weighted by Crippen LogP contribution is -2.23. The second-order valence-corrected chi connectivity index (χ2v) is 1.94. The Morgan fingerprint density at radius 3 is 2.38 bits per heavy atom. The number of hydrogen-bond acceptors (Lipinski definition) is 5. The lowest BCUT2D eigenvalue weighted by atomic mass is 10.3. The van der Waals surface area contributed by atoms with E-state index in [1.807, 2.05) is 5.02 Å². The molecule has 0 heterocycles. The van der Waals surface area contributed by atoms with Crippen molar-refractivity contribution in [1.29, 1.82) is 5.26 Å². The van der Waals surface area contributed by atoms with E-state index < -0.39 is 17.4 Å². The predicted molar refractivity (Wildman–Crippen MR) is 49.9 cm³/mol. The van der Waals surface area contributed by atoms with Crippen LogP contribution in [0.5, 0.6) is 0 Å². The maximum Gasteiger partial charge on any atom is 0.300 e. The SMILES string of the molecule is N#CNC(=O)C(=C=S)C(=O)N=C=S. The molecular weight excluding hydrogens is 210 g/mol. The molecule has 0 saturated carbocycles. The Morgan fingerprint density at radius 2 is 2.00 bits per heavy atom. The summed E-state index contributed by atoms with van der Waals surface area (Å²) >= 11 is 8.39. The topological polar surface area (TPSA) is 82.3 Å². The molecule has 7 heteroatoms. The first-order valence-corrected chi connectivity index (χ1v) is 3.55. The van der Waals surface area contributed by atoms with Crippen molar-refractivity contribution in [1.82, 2.24) is 5.32 Å². The minimum atomic E-state index is -0.974. The number of nitrogens with one attached hydrogen (secondary N) is 1. The third kappa shape index (κ3) is 3.47. The van der Waals surface area contributed by atoms with Crippen LogP contribution >= 0.6 is 24.4 Å². The zero-order valence-corrected chi connectivity index (χ0v) is 7.66. The molecule has 0 aliphatic carbocycles. The first kappa shape index (κ1) is 11.3. The third-order valence-corrected chi connectivity index (χ3v) is 1.16.